The van der Waals surface area contributed by atoms with Gasteiger partial charge in [-0.1, -0.05) is 6.92 Å². The topological polar surface area (TPSA) is 109 Å². The Morgan fingerprint density at radius 1 is 1.61 bits per heavy atom. The minimum absolute atomic E-state index is 0.0625. The van der Waals surface area contributed by atoms with Gasteiger partial charge in [0, 0.05) is 25.2 Å². The van der Waals surface area contributed by atoms with Gasteiger partial charge in [-0.05, 0) is 12.0 Å². The van der Waals surface area contributed by atoms with Crippen molar-refractivity contribution in [2.24, 2.45) is 11.7 Å². The van der Waals surface area contributed by atoms with Crippen LogP contribution in [0.15, 0.2) is 12.1 Å². The van der Waals surface area contributed by atoms with E-state index in [1.165, 1.54) is 6.07 Å². The summed E-state index contributed by atoms with van der Waals surface area (Å²) in [7, 11) is 0. The van der Waals surface area contributed by atoms with Crippen molar-refractivity contribution in [3.8, 4) is 6.07 Å². The van der Waals surface area contributed by atoms with Crippen LogP contribution in [-0.2, 0) is 0 Å². The van der Waals surface area contributed by atoms with Crippen LogP contribution < -0.4 is 10.6 Å². The van der Waals surface area contributed by atoms with E-state index in [0.717, 1.165) is 6.54 Å². The molecule has 7 heteroatoms. The van der Waals surface area contributed by atoms with Gasteiger partial charge in [-0.2, -0.15) is 5.26 Å². The summed E-state index contributed by atoms with van der Waals surface area (Å²) in [5, 5.41) is 19.6. The Bertz CT molecular complexity index is 515. The van der Waals surface area contributed by atoms with Crippen LogP contribution in [0.25, 0.3) is 0 Å². The van der Waals surface area contributed by atoms with Gasteiger partial charge in [0.15, 0.2) is 0 Å². The second-order valence-electron chi connectivity index (χ2n) is 4.45. The molecule has 2 rings (SSSR count). The van der Waals surface area contributed by atoms with Crippen molar-refractivity contribution in [1.29, 1.82) is 5.26 Å². The third kappa shape index (κ3) is 2.10. The molecule has 1 fully saturated rings. The van der Waals surface area contributed by atoms with Crippen molar-refractivity contribution < 1.29 is 4.92 Å². The Kier molecular flexibility index (Phi) is 3.12. The zero-order chi connectivity index (χ0) is 13.3. The molecular formula is C11H13N5O2. The van der Waals surface area contributed by atoms with Gasteiger partial charge in [0.05, 0.1) is 4.92 Å². The van der Waals surface area contributed by atoms with E-state index in [4.69, 9.17) is 11.0 Å². The molecular weight excluding hydrogens is 234 g/mol. The molecule has 2 atom stereocenters. The highest BCUT2D eigenvalue weighted by Crippen LogP contribution is 2.24. The Labute approximate surface area is 104 Å². The first kappa shape index (κ1) is 12.3. The number of nitrogens with two attached hydrogens (primary N) is 1. The molecule has 0 radical (unpaired) electrons. The first-order chi connectivity index (χ1) is 8.52. The van der Waals surface area contributed by atoms with Crippen LogP contribution in [0.3, 0.4) is 0 Å². The highest BCUT2D eigenvalue weighted by molar-refractivity contribution is 5.52. The molecule has 7 nitrogen and oxygen atoms in total. The number of nitrogens with zero attached hydrogens (tertiary/aromatic N) is 4. The lowest BCUT2D eigenvalue weighted by atomic mass is 10.1. The smallest absolute Gasteiger partial charge is 0.305 e. The molecule has 0 aliphatic carbocycles. The summed E-state index contributed by atoms with van der Waals surface area (Å²) in [5.74, 6) is 0.907. The number of hydrogen-bond donors (Lipinski definition) is 1. The van der Waals surface area contributed by atoms with E-state index in [9.17, 15) is 10.1 Å². The SMILES string of the molecule is CC1CN(c2ccc([N+](=O)[O-])c(C#N)n2)CC1N. The normalized spacial score (nSPS) is 22.8. The van der Waals surface area contributed by atoms with Gasteiger partial charge < -0.3 is 10.6 Å². The van der Waals surface area contributed by atoms with Crippen molar-refractivity contribution in [3.63, 3.8) is 0 Å². The number of hydrogen-bond acceptors (Lipinski definition) is 6. The number of nitriles is 1. The highest BCUT2D eigenvalue weighted by atomic mass is 16.6. The van der Waals surface area contributed by atoms with Crippen LogP contribution in [0.2, 0.25) is 0 Å². The van der Waals surface area contributed by atoms with Crippen molar-refractivity contribution in [2.75, 3.05) is 18.0 Å². The molecule has 18 heavy (non-hydrogen) atoms. The summed E-state index contributed by atoms with van der Waals surface area (Å²) in [6, 6.07) is 4.69. The average Bonchev–Trinajstić information content (AvgIpc) is 2.68. The number of nitro groups is 1. The monoisotopic (exact) mass is 247 g/mol. The number of pyridine rings is 1. The molecule has 2 unspecified atom stereocenters. The van der Waals surface area contributed by atoms with Crippen molar-refractivity contribution >= 4 is 11.5 Å². The van der Waals surface area contributed by atoms with Crippen molar-refractivity contribution in [3.05, 3.63) is 27.9 Å². The lowest BCUT2D eigenvalue weighted by molar-refractivity contribution is -0.385. The molecule has 2 heterocycles. The first-order valence-corrected chi connectivity index (χ1v) is 5.59. The van der Waals surface area contributed by atoms with Crippen LogP contribution in [-0.4, -0.2) is 29.0 Å². The third-order valence-electron chi connectivity index (χ3n) is 3.16. The maximum atomic E-state index is 10.7. The summed E-state index contributed by atoms with van der Waals surface area (Å²) in [5.41, 5.74) is 5.48. The van der Waals surface area contributed by atoms with Gasteiger partial charge in [0.1, 0.15) is 11.9 Å². The van der Waals surface area contributed by atoms with Crippen LogP contribution in [0.4, 0.5) is 11.5 Å². The standard InChI is InChI=1S/C11H13N5O2/c1-7-5-15(6-8(7)13)11-3-2-10(16(17)18)9(4-12)14-11/h2-3,7-8H,5-6,13H2,1H3. The molecule has 0 aromatic carbocycles. The Balaban J connectivity index is 2.32. The molecule has 94 valence electrons. The summed E-state index contributed by atoms with van der Waals surface area (Å²) < 4.78 is 0. The molecule has 1 saturated heterocycles. The summed E-state index contributed by atoms with van der Waals surface area (Å²) in [6.07, 6.45) is 0. The van der Waals surface area contributed by atoms with Gasteiger partial charge in [-0.3, -0.25) is 10.1 Å². The fraction of sp³-hybridized carbons (Fsp3) is 0.455. The van der Waals surface area contributed by atoms with E-state index in [2.05, 4.69) is 4.98 Å². The number of rotatable bonds is 2. The van der Waals surface area contributed by atoms with E-state index in [0.29, 0.717) is 18.3 Å². The minimum Gasteiger partial charge on any atom is -0.355 e. The number of aromatic nitrogens is 1. The molecule has 0 amide bonds. The highest BCUT2D eigenvalue weighted by Gasteiger charge is 2.28. The van der Waals surface area contributed by atoms with Gasteiger partial charge in [-0.15, -0.1) is 0 Å². The van der Waals surface area contributed by atoms with E-state index in [-0.39, 0.29) is 17.4 Å². The molecule has 1 aromatic rings. The van der Waals surface area contributed by atoms with Crippen LogP contribution in [0.5, 0.6) is 0 Å². The molecule has 2 N–H and O–H groups in total. The zero-order valence-corrected chi connectivity index (χ0v) is 9.91. The first-order valence-electron chi connectivity index (χ1n) is 5.59. The molecule has 0 spiro atoms. The second-order valence-corrected chi connectivity index (χ2v) is 4.45. The van der Waals surface area contributed by atoms with Gasteiger partial charge in [0.2, 0.25) is 5.69 Å². The predicted molar refractivity (Wildman–Crippen MR) is 65.0 cm³/mol. The van der Waals surface area contributed by atoms with Gasteiger partial charge >= 0.3 is 5.69 Å². The van der Waals surface area contributed by atoms with Crippen molar-refractivity contribution in [2.45, 2.75) is 13.0 Å². The fourth-order valence-electron chi connectivity index (χ4n) is 2.03. The quantitative estimate of drug-likeness (QED) is 0.606. The Morgan fingerprint density at radius 2 is 2.33 bits per heavy atom. The maximum Gasteiger partial charge on any atom is 0.305 e. The van der Waals surface area contributed by atoms with Gasteiger partial charge in [0.25, 0.3) is 0 Å². The van der Waals surface area contributed by atoms with Crippen molar-refractivity contribution in [1.82, 2.24) is 4.98 Å². The summed E-state index contributed by atoms with van der Waals surface area (Å²) >= 11 is 0. The van der Waals surface area contributed by atoms with E-state index < -0.39 is 4.92 Å². The molecule has 0 bridgehead atoms. The van der Waals surface area contributed by atoms with E-state index in [1.54, 1.807) is 12.1 Å². The van der Waals surface area contributed by atoms with Crippen LogP contribution >= 0.6 is 0 Å². The molecule has 1 aliphatic rings. The minimum atomic E-state index is -0.603. The molecule has 0 saturated carbocycles. The fourth-order valence-corrected chi connectivity index (χ4v) is 2.03. The lowest BCUT2D eigenvalue weighted by Gasteiger charge is -2.16. The van der Waals surface area contributed by atoms with Crippen LogP contribution in [0, 0.1) is 27.4 Å². The Hall–Kier alpha value is -2.20. The van der Waals surface area contributed by atoms with E-state index >= 15 is 0 Å². The number of anilines is 1. The largest absolute Gasteiger partial charge is 0.355 e. The molecule has 1 aliphatic heterocycles. The van der Waals surface area contributed by atoms with E-state index in [1.807, 2.05) is 11.8 Å². The zero-order valence-electron chi connectivity index (χ0n) is 9.91. The predicted octanol–water partition coefficient (Wildman–Crippen LogP) is 0.645. The average molecular weight is 247 g/mol. The Morgan fingerprint density at radius 3 is 2.83 bits per heavy atom. The maximum absolute atomic E-state index is 10.7. The lowest BCUT2D eigenvalue weighted by Crippen LogP contribution is -2.28. The second kappa shape index (κ2) is 4.58. The summed E-state index contributed by atoms with van der Waals surface area (Å²) in [4.78, 5) is 16.1. The summed E-state index contributed by atoms with van der Waals surface area (Å²) in [6.45, 7) is 3.44. The third-order valence-corrected chi connectivity index (χ3v) is 3.16. The van der Waals surface area contributed by atoms with Gasteiger partial charge in [-0.25, -0.2) is 4.98 Å². The van der Waals surface area contributed by atoms with Crippen LogP contribution in [0.1, 0.15) is 12.6 Å². The molecule has 1 aromatic heterocycles.